The number of phosphoric acid groups is 1. The zero-order chi connectivity index (χ0) is 71.8. The van der Waals surface area contributed by atoms with Gasteiger partial charge in [-0.05, 0) is 57.8 Å². The van der Waals surface area contributed by atoms with Crippen molar-refractivity contribution < 1.29 is 117 Å². The highest BCUT2D eigenvalue weighted by atomic mass is 31.2. The fraction of sp³-hybridized carbons (Fsp3) is 0.822. The molecule has 3 rings (SSSR count). The summed E-state index contributed by atoms with van der Waals surface area (Å²) < 4.78 is 64.5. The number of allylic oxidation sites excluding steroid dienone is 8. The number of ether oxygens (including phenoxy) is 7. The lowest BCUT2D eigenvalue weighted by molar-refractivity contribution is -0.360. The van der Waals surface area contributed by atoms with E-state index in [2.05, 4.69) is 32.9 Å². The fourth-order valence-corrected chi connectivity index (χ4v) is 12.8. The quantitative estimate of drug-likeness (QED) is 0.00513. The van der Waals surface area contributed by atoms with Crippen LogP contribution in [0.2, 0.25) is 0 Å². The Kier molecular flexibility index (Phi) is 49.3. The molecule has 568 valence electrons. The second-order valence-corrected chi connectivity index (χ2v) is 27.8. The van der Waals surface area contributed by atoms with E-state index in [1.807, 2.05) is 12.2 Å². The Hall–Kier alpha value is -3.34. The minimum absolute atomic E-state index is 0.000131. The predicted octanol–water partition coefficient (Wildman–Crippen LogP) is 9.85. The molecule has 18 unspecified atom stereocenters. The Morgan fingerprint density at radius 3 is 1.23 bits per heavy atom. The fourth-order valence-electron chi connectivity index (χ4n) is 11.9. The van der Waals surface area contributed by atoms with Gasteiger partial charge in [-0.25, -0.2) is 14.2 Å². The molecule has 2 saturated heterocycles. The van der Waals surface area contributed by atoms with E-state index in [4.69, 9.17) is 42.2 Å². The lowest BCUT2D eigenvalue weighted by Crippen LogP contribution is -2.69. The van der Waals surface area contributed by atoms with E-state index in [1.165, 1.54) is 147 Å². The number of aliphatic hydroxyl groups excluding tert-OH is 10. The van der Waals surface area contributed by atoms with Gasteiger partial charge in [-0.3, -0.25) is 13.8 Å². The molecule has 98 heavy (non-hydrogen) atoms. The highest BCUT2D eigenvalue weighted by Gasteiger charge is 2.58. The first kappa shape index (κ1) is 88.9. The van der Waals surface area contributed by atoms with Gasteiger partial charge < -0.3 is 89.1 Å². The van der Waals surface area contributed by atoms with Gasteiger partial charge in [-0.15, -0.1) is 0 Å². The molecule has 0 amide bonds. The first-order chi connectivity index (χ1) is 47.3. The molecule has 0 bridgehead atoms. The van der Waals surface area contributed by atoms with Crippen molar-refractivity contribution in [2.24, 2.45) is 0 Å². The molecule has 3 aliphatic rings. The van der Waals surface area contributed by atoms with Crippen molar-refractivity contribution in [1.29, 1.82) is 0 Å². The second-order valence-electron chi connectivity index (χ2n) is 26.4. The molecule has 3 fully saturated rings. The zero-order valence-electron chi connectivity index (χ0n) is 59.0. The summed E-state index contributed by atoms with van der Waals surface area (Å²) >= 11 is 0. The minimum atomic E-state index is -5.74. The van der Waals surface area contributed by atoms with Crippen LogP contribution in [0.3, 0.4) is 0 Å². The molecule has 1 aliphatic carbocycles. The minimum Gasteiger partial charge on any atom is -0.462 e. The predicted molar refractivity (Wildman–Crippen MR) is 370 cm³/mol. The average Bonchev–Trinajstić information content (AvgIpc) is 0.767. The van der Waals surface area contributed by atoms with Gasteiger partial charge in [0.15, 0.2) is 18.7 Å². The maximum atomic E-state index is 14.3. The van der Waals surface area contributed by atoms with Crippen LogP contribution in [0.15, 0.2) is 60.8 Å². The molecule has 25 heteroatoms. The molecule has 0 radical (unpaired) electrons. The topological polar surface area (TPSA) is 374 Å². The van der Waals surface area contributed by atoms with Gasteiger partial charge in [-0.2, -0.15) is 0 Å². The van der Waals surface area contributed by atoms with Gasteiger partial charge >= 0.3 is 25.7 Å². The monoisotopic (exact) mass is 1420 g/mol. The third kappa shape index (κ3) is 37.2. The van der Waals surface area contributed by atoms with Crippen LogP contribution in [-0.4, -0.2) is 204 Å². The molecule has 0 aromatic carbocycles. The normalized spacial score (nSPS) is 28.0. The SMILES string of the molecule is CCCCCCCC/C=C\CCCCCC(=O)OCC(COP(=O)(O)OC1C(OC2OC(CO)C(O)C(O)C2O)C(O)C(O)C(O)C1OC1OC(COC(=O)/C=C/C=C/CCCCCCCCCCCCC)C(O)C(O)C1O)OC(=O)/C=C/C=C/CCCCCCCCCCCCC. The van der Waals surface area contributed by atoms with E-state index in [-0.39, 0.29) is 6.42 Å². The first-order valence-corrected chi connectivity index (χ1v) is 38.6. The standard InChI is InChI=1S/C73H127O24P/c1-4-7-10-13-16-19-22-25-27-30-33-36-39-42-45-48-58(76)90-53-56-61(79)63(81)68(86)73(94-56)96-70-66(84)64(82)65(83)69(95-72-67(85)62(80)60(78)55(50-74)93-72)71(70)97-98(87,88)91-52-54(51-89-57(75)47-44-41-38-35-32-29-24-21-18-15-12-9-6-3)92-59(77)49-46-43-40-37-34-31-28-26-23-20-17-14-11-8-5-2/h29,32,39-40,42-43,45-46,48-49,54-56,60-74,78-86H,4-28,30-31,33-38,41,44,47,50-53H2,1-3H3,(H,87,88)/b32-29-,42-39+,43-40+,48-45+,49-46+. The van der Waals surface area contributed by atoms with E-state index >= 15 is 0 Å². The summed E-state index contributed by atoms with van der Waals surface area (Å²) in [6.07, 6.45) is 20.0. The third-order valence-corrected chi connectivity index (χ3v) is 18.9. The zero-order valence-corrected chi connectivity index (χ0v) is 59.9. The summed E-state index contributed by atoms with van der Waals surface area (Å²) in [4.78, 5) is 50.7. The van der Waals surface area contributed by atoms with Gasteiger partial charge in [0.2, 0.25) is 0 Å². The number of carbonyl (C=O) groups is 3. The van der Waals surface area contributed by atoms with Crippen molar-refractivity contribution in [2.75, 3.05) is 26.4 Å². The number of carbonyl (C=O) groups excluding carboxylic acids is 3. The first-order valence-electron chi connectivity index (χ1n) is 37.2. The van der Waals surface area contributed by atoms with Crippen molar-refractivity contribution in [2.45, 2.75) is 356 Å². The highest BCUT2D eigenvalue weighted by Crippen LogP contribution is 2.49. The number of aliphatic hydroxyl groups is 10. The number of esters is 3. The number of unbranched alkanes of at least 4 members (excludes halogenated alkanes) is 31. The number of hydrogen-bond donors (Lipinski definition) is 11. The Morgan fingerprint density at radius 1 is 0.418 bits per heavy atom. The lowest BCUT2D eigenvalue weighted by atomic mass is 9.84. The molecule has 11 N–H and O–H groups in total. The summed E-state index contributed by atoms with van der Waals surface area (Å²) in [5.74, 6) is -2.51. The van der Waals surface area contributed by atoms with Crippen LogP contribution in [0.25, 0.3) is 0 Å². The summed E-state index contributed by atoms with van der Waals surface area (Å²) in [6, 6.07) is 0. The molecule has 2 aliphatic heterocycles. The Labute approximate surface area is 583 Å². The van der Waals surface area contributed by atoms with Crippen molar-refractivity contribution in [1.82, 2.24) is 0 Å². The molecule has 2 heterocycles. The maximum Gasteiger partial charge on any atom is 0.472 e. The van der Waals surface area contributed by atoms with Crippen LogP contribution in [0.5, 0.6) is 0 Å². The van der Waals surface area contributed by atoms with Crippen LogP contribution in [0.4, 0.5) is 0 Å². The summed E-state index contributed by atoms with van der Waals surface area (Å²) in [5.41, 5.74) is 0. The van der Waals surface area contributed by atoms with Gasteiger partial charge in [-0.1, -0.05) is 236 Å². The van der Waals surface area contributed by atoms with Crippen LogP contribution in [-0.2, 0) is 61.2 Å². The Morgan fingerprint density at radius 2 is 0.796 bits per heavy atom. The molecule has 0 aromatic heterocycles. The lowest BCUT2D eigenvalue weighted by Gasteiger charge is -2.49. The summed E-state index contributed by atoms with van der Waals surface area (Å²) in [6.45, 7) is 3.21. The van der Waals surface area contributed by atoms with E-state index < -0.39 is 156 Å². The smallest absolute Gasteiger partial charge is 0.462 e. The maximum absolute atomic E-state index is 14.3. The molecular formula is C73H127O24P. The molecule has 0 spiro atoms. The Balaban J connectivity index is 1.78. The van der Waals surface area contributed by atoms with E-state index in [9.17, 15) is 74.9 Å². The highest BCUT2D eigenvalue weighted by molar-refractivity contribution is 7.47. The molecule has 1 saturated carbocycles. The van der Waals surface area contributed by atoms with E-state index in [1.54, 1.807) is 12.2 Å². The van der Waals surface area contributed by atoms with Gasteiger partial charge in [0.05, 0.1) is 13.2 Å². The molecule has 0 aromatic rings. The van der Waals surface area contributed by atoms with E-state index in [0.29, 0.717) is 12.8 Å². The Bertz CT molecular complexity index is 2270. The van der Waals surface area contributed by atoms with Crippen LogP contribution >= 0.6 is 7.82 Å². The molecule has 24 nitrogen and oxygen atoms in total. The second kappa shape index (κ2) is 54.3. The van der Waals surface area contributed by atoms with E-state index in [0.717, 1.165) is 89.2 Å². The van der Waals surface area contributed by atoms with Gasteiger partial charge in [0.1, 0.15) is 98.7 Å². The average molecular weight is 1420 g/mol. The summed E-state index contributed by atoms with van der Waals surface area (Å²) in [5, 5.41) is 110. The number of rotatable bonds is 56. The van der Waals surface area contributed by atoms with Crippen LogP contribution in [0, 0.1) is 0 Å². The number of phosphoric ester groups is 1. The summed E-state index contributed by atoms with van der Waals surface area (Å²) in [7, 11) is -5.74. The molecule has 18 atom stereocenters. The van der Waals surface area contributed by atoms with Crippen molar-refractivity contribution in [3.8, 4) is 0 Å². The van der Waals surface area contributed by atoms with Gasteiger partial charge in [0.25, 0.3) is 0 Å². The largest absolute Gasteiger partial charge is 0.472 e. The van der Waals surface area contributed by atoms with Crippen molar-refractivity contribution in [3.63, 3.8) is 0 Å². The van der Waals surface area contributed by atoms with Crippen molar-refractivity contribution >= 4 is 25.7 Å². The third-order valence-electron chi connectivity index (χ3n) is 18.0. The van der Waals surface area contributed by atoms with Gasteiger partial charge in [0, 0.05) is 18.6 Å². The van der Waals surface area contributed by atoms with Crippen LogP contribution < -0.4 is 0 Å². The molecular weight excluding hydrogens is 1290 g/mol. The number of hydrogen-bond acceptors (Lipinski definition) is 23. The van der Waals surface area contributed by atoms with Crippen LogP contribution in [0.1, 0.15) is 252 Å². The van der Waals surface area contributed by atoms with Crippen molar-refractivity contribution in [3.05, 3.63) is 60.8 Å².